The van der Waals surface area contributed by atoms with Gasteiger partial charge in [0.25, 0.3) is 0 Å². The van der Waals surface area contributed by atoms with Gasteiger partial charge in [-0.15, -0.1) is 0 Å². The predicted octanol–water partition coefficient (Wildman–Crippen LogP) is 7.87. The van der Waals surface area contributed by atoms with E-state index in [4.69, 9.17) is 9.47 Å². The van der Waals surface area contributed by atoms with Gasteiger partial charge in [0.2, 0.25) is 0 Å². The molecule has 3 nitrogen and oxygen atoms in total. The van der Waals surface area contributed by atoms with Crippen LogP contribution in [0.15, 0.2) is 96.1 Å². The van der Waals surface area contributed by atoms with E-state index < -0.39 is 0 Å². The minimum atomic E-state index is -0.380. The first kappa shape index (κ1) is 24.8. The van der Waals surface area contributed by atoms with Gasteiger partial charge in [-0.25, -0.2) is 4.39 Å². The smallest absolute Gasteiger partial charge is 0.170 e. The van der Waals surface area contributed by atoms with E-state index in [1.807, 2.05) is 49.4 Å². The predicted molar refractivity (Wildman–Crippen MR) is 146 cm³/mol. The van der Waals surface area contributed by atoms with Crippen molar-refractivity contribution in [3.63, 3.8) is 0 Å². The van der Waals surface area contributed by atoms with Crippen LogP contribution in [0.2, 0.25) is 0 Å². The molecule has 2 atom stereocenters. The van der Waals surface area contributed by atoms with Crippen molar-refractivity contribution in [2.75, 3.05) is 13.7 Å². The number of aryl methyl sites for hydroxylation is 1. The molecule has 2 unspecified atom stereocenters. The summed E-state index contributed by atoms with van der Waals surface area (Å²) in [7, 11) is 1.65. The van der Waals surface area contributed by atoms with Gasteiger partial charge >= 0.3 is 0 Å². The normalized spacial score (nSPS) is 18.8. The molecular weight excluding hydrogens is 463 g/mol. The molecule has 0 aromatic heterocycles. The molecule has 37 heavy (non-hydrogen) atoms. The molecule has 2 aliphatic rings. The van der Waals surface area contributed by atoms with Crippen LogP contribution in [0.25, 0.3) is 5.57 Å². The lowest BCUT2D eigenvalue weighted by Gasteiger charge is -2.23. The summed E-state index contributed by atoms with van der Waals surface area (Å²) in [5.74, 6) is 0.608. The maximum Gasteiger partial charge on any atom is 0.170 e. The van der Waals surface area contributed by atoms with E-state index in [1.54, 1.807) is 19.2 Å². The van der Waals surface area contributed by atoms with Crippen molar-refractivity contribution < 1.29 is 18.7 Å². The van der Waals surface area contributed by atoms with Gasteiger partial charge in [0.05, 0.1) is 7.11 Å². The second-order valence-electron chi connectivity index (χ2n) is 9.84. The van der Waals surface area contributed by atoms with E-state index in [2.05, 4.69) is 25.2 Å². The monoisotopic (exact) mass is 494 g/mol. The Labute approximate surface area is 217 Å². The summed E-state index contributed by atoms with van der Waals surface area (Å²) < 4.78 is 25.7. The van der Waals surface area contributed by atoms with Crippen LogP contribution >= 0.6 is 0 Å². The molecule has 0 fully saturated rings. The van der Waals surface area contributed by atoms with Crippen molar-refractivity contribution in [1.82, 2.24) is 0 Å². The van der Waals surface area contributed by atoms with Crippen LogP contribution in [0.4, 0.5) is 4.39 Å². The number of allylic oxidation sites excluding steroid dienone is 5. The molecule has 0 N–H and O–H groups in total. The fourth-order valence-corrected chi connectivity index (χ4v) is 5.39. The van der Waals surface area contributed by atoms with Gasteiger partial charge in [-0.1, -0.05) is 72.3 Å². The Morgan fingerprint density at radius 3 is 2.49 bits per heavy atom. The minimum Gasteiger partial charge on any atom is -0.493 e. The van der Waals surface area contributed by atoms with Gasteiger partial charge < -0.3 is 9.47 Å². The number of para-hydroxylation sites is 1. The topological polar surface area (TPSA) is 35.5 Å². The Hall–Kier alpha value is -3.92. The number of methoxy groups -OCH3 is 1. The number of carbonyl (C=O) groups excluding carboxylic acids is 1. The highest BCUT2D eigenvalue weighted by Gasteiger charge is 2.37. The van der Waals surface area contributed by atoms with E-state index in [0.29, 0.717) is 24.5 Å². The van der Waals surface area contributed by atoms with E-state index in [9.17, 15) is 9.18 Å². The van der Waals surface area contributed by atoms with Crippen molar-refractivity contribution in [3.05, 3.63) is 124 Å². The number of halogens is 1. The molecule has 0 amide bonds. The number of benzene rings is 3. The molecule has 0 bridgehead atoms. The summed E-state index contributed by atoms with van der Waals surface area (Å²) >= 11 is 0. The number of rotatable bonds is 8. The Kier molecular flexibility index (Phi) is 7.09. The zero-order valence-electron chi connectivity index (χ0n) is 21.5. The van der Waals surface area contributed by atoms with Crippen LogP contribution in [0, 0.1) is 18.7 Å². The number of ketones is 1. The number of hydrogen-bond acceptors (Lipinski definition) is 3. The lowest BCUT2D eigenvalue weighted by atomic mass is 9.82. The Balaban J connectivity index is 1.51. The summed E-state index contributed by atoms with van der Waals surface area (Å²) in [6.07, 6.45) is 7.94. The van der Waals surface area contributed by atoms with Crippen molar-refractivity contribution in [2.24, 2.45) is 5.92 Å². The Morgan fingerprint density at radius 2 is 1.78 bits per heavy atom. The van der Waals surface area contributed by atoms with Crippen molar-refractivity contribution in [3.8, 4) is 11.5 Å². The van der Waals surface area contributed by atoms with Gasteiger partial charge in [0, 0.05) is 23.0 Å². The van der Waals surface area contributed by atoms with Crippen LogP contribution in [0.1, 0.15) is 52.7 Å². The molecule has 0 aliphatic heterocycles. The van der Waals surface area contributed by atoms with Crippen molar-refractivity contribution >= 4 is 11.4 Å². The second-order valence-corrected chi connectivity index (χ2v) is 9.84. The van der Waals surface area contributed by atoms with Gasteiger partial charge in [-0.3, -0.25) is 4.79 Å². The van der Waals surface area contributed by atoms with E-state index in [1.165, 1.54) is 23.3 Å². The zero-order valence-corrected chi connectivity index (χ0v) is 21.5. The lowest BCUT2D eigenvalue weighted by molar-refractivity contribution is 0.0933. The van der Waals surface area contributed by atoms with Gasteiger partial charge in [-0.05, 0) is 67.2 Å². The quantitative estimate of drug-likeness (QED) is 0.299. The highest BCUT2D eigenvalue weighted by molar-refractivity contribution is 6.02. The first-order chi connectivity index (χ1) is 17.9. The standard InChI is InChI=1S/C33H31FO3/c1-21-11-12-23(17-21)20-37-31-10-6-9-28(33(31)36-3)29-18-25(24-13-15-26(34)16-14-24)19-30(29)32(35)27-8-5-4-7-22(27)2/h4-11,13-17,19,29-30H,12,18,20H2,1-3H3. The van der Waals surface area contributed by atoms with Crippen LogP contribution in [0.5, 0.6) is 11.5 Å². The number of Topliss-reactive ketones (excluding diaryl/α,β-unsaturated/α-hetero) is 1. The van der Waals surface area contributed by atoms with E-state index >= 15 is 0 Å². The van der Waals surface area contributed by atoms with Gasteiger partial charge in [0.1, 0.15) is 12.4 Å². The summed E-state index contributed by atoms with van der Waals surface area (Å²) in [6.45, 7) is 4.54. The molecular formula is C33H31FO3. The van der Waals surface area contributed by atoms with Gasteiger partial charge in [-0.2, -0.15) is 0 Å². The maximum absolute atomic E-state index is 13.9. The van der Waals surface area contributed by atoms with Crippen LogP contribution in [-0.2, 0) is 0 Å². The molecule has 0 heterocycles. The SMILES string of the molecule is COc1c(OCC2=CC(C)=CC2)cccc1C1CC(c2ccc(F)cc2)=CC1C(=O)c1ccccc1C. The molecule has 0 radical (unpaired) electrons. The first-order valence-corrected chi connectivity index (χ1v) is 12.7. The molecule has 0 saturated heterocycles. The Morgan fingerprint density at radius 1 is 1.00 bits per heavy atom. The third-order valence-corrected chi connectivity index (χ3v) is 7.33. The average Bonchev–Trinajstić information content (AvgIpc) is 3.54. The van der Waals surface area contributed by atoms with E-state index in [0.717, 1.165) is 34.2 Å². The number of ether oxygens (including phenoxy) is 2. The van der Waals surface area contributed by atoms with Crippen LogP contribution in [0.3, 0.4) is 0 Å². The highest BCUT2D eigenvalue weighted by atomic mass is 19.1. The highest BCUT2D eigenvalue weighted by Crippen LogP contribution is 2.49. The molecule has 3 aromatic carbocycles. The molecule has 3 aromatic rings. The number of hydrogen-bond donors (Lipinski definition) is 0. The lowest BCUT2D eigenvalue weighted by Crippen LogP contribution is -2.19. The van der Waals surface area contributed by atoms with Crippen molar-refractivity contribution in [2.45, 2.75) is 32.6 Å². The van der Waals surface area contributed by atoms with Crippen LogP contribution in [-0.4, -0.2) is 19.5 Å². The average molecular weight is 495 g/mol. The van der Waals surface area contributed by atoms with Crippen LogP contribution < -0.4 is 9.47 Å². The van der Waals surface area contributed by atoms with Gasteiger partial charge in [0.15, 0.2) is 17.3 Å². The van der Waals surface area contributed by atoms with Crippen molar-refractivity contribution in [1.29, 1.82) is 0 Å². The third kappa shape index (κ3) is 5.15. The summed E-state index contributed by atoms with van der Waals surface area (Å²) in [5.41, 5.74) is 7.04. The summed E-state index contributed by atoms with van der Waals surface area (Å²) in [6, 6.07) is 20.1. The first-order valence-electron chi connectivity index (χ1n) is 12.7. The molecule has 0 spiro atoms. The summed E-state index contributed by atoms with van der Waals surface area (Å²) in [4.78, 5) is 13.9. The fraction of sp³-hybridized carbons (Fsp3) is 0.242. The zero-order chi connectivity index (χ0) is 25.9. The minimum absolute atomic E-state index is 0.0752. The van der Waals surface area contributed by atoms with E-state index in [-0.39, 0.29) is 23.4 Å². The number of carbonyl (C=O) groups is 1. The molecule has 2 aliphatic carbocycles. The maximum atomic E-state index is 13.9. The fourth-order valence-electron chi connectivity index (χ4n) is 5.39. The molecule has 0 saturated carbocycles. The molecule has 4 heteroatoms. The third-order valence-electron chi connectivity index (χ3n) is 7.33. The second kappa shape index (κ2) is 10.6. The molecule has 5 rings (SSSR count). The Bertz CT molecular complexity index is 1410. The molecule has 188 valence electrons. The summed E-state index contributed by atoms with van der Waals surface area (Å²) in [5, 5.41) is 0. The largest absolute Gasteiger partial charge is 0.493 e.